The van der Waals surface area contributed by atoms with Crippen LogP contribution in [0.2, 0.25) is 0 Å². The van der Waals surface area contributed by atoms with Gasteiger partial charge in [0.1, 0.15) is 11.6 Å². The first-order valence-electron chi connectivity index (χ1n) is 9.79. The molecule has 0 atom stereocenters. The molecule has 3 aromatic rings. The van der Waals surface area contributed by atoms with Crippen molar-refractivity contribution < 1.29 is 18.7 Å². The summed E-state index contributed by atoms with van der Waals surface area (Å²) in [6.07, 6.45) is 1.08. The maximum Gasteiger partial charge on any atom is 0.236 e. The Morgan fingerprint density at radius 1 is 1.13 bits per heavy atom. The minimum atomic E-state index is -0.758. The molecule has 0 bridgehead atoms. The fourth-order valence-corrected chi connectivity index (χ4v) is 4.65. The van der Waals surface area contributed by atoms with Crippen molar-refractivity contribution in [2.75, 3.05) is 25.6 Å². The lowest BCUT2D eigenvalue weighted by atomic mass is 9.73. The second kappa shape index (κ2) is 8.53. The number of carbonyl (C=O) groups excluding carboxylic acids is 1. The number of rotatable bonds is 5. The number of hydrogen-bond acceptors (Lipinski definition) is 5. The fraction of sp³-hybridized carbons (Fsp3) is 0.304. The molecular formula is C23H23FN2O3S. The van der Waals surface area contributed by atoms with Gasteiger partial charge in [-0.15, -0.1) is 11.3 Å². The van der Waals surface area contributed by atoms with E-state index in [1.807, 2.05) is 31.2 Å². The largest absolute Gasteiger partial charge is 0.497 e. The van der Waals surface area contributed by atoms with Crippen LogP contribution in [-0.2, 0) is 14.9 Å². The quantitative estimate of drug-likeness (QED) is 0.627. The zero-order chi connectivity index (χ0) is 21.1. The Kier molecular flexibility index (Phi) is 5.83. The van der Waals surface area contributed by atoms with Gasteiger partial charge in [-0.1, -0.05) is 12.1 Å². The number of nitrogens with one attached hydrogen (secondary N) is 1. The standard InChI is InChI=1S/C23H23FN2O3S/c1-15-20(16-3-9-19(28-2)10-4-16)25-22(30-15)26-21(27)23(11-13-29-14-12-23)17-5-7-18(24)8-6-17/h3-10H,11-14H2,1-2H3,(H,25,26,27). The summed E-state index contributed by atoms with van der Waals surface area (Å²) >= 11 is 1.44. The predicted molar refractivity (Wildman–Crippen MR) is 116 cm³/mol. The molecule has 1 fully saturated rings. The molecule has 4 rings (SSSR count). The third-order valence-electron chi connectivity index (χ3n) is 5.56. The van der Waals surface area contributed by atoms with Crippen LogP contribution >= 0.6 is 11.3 Å². The molecule has 1 saturated heterocycles. The van der Waals surface area contributed by atoms with Gasteiger partial charge in [0.2, 0.25) is 5.91 Å². The maximum absolute atomic E-state index is 13.4. The molecule has 1 aliphatic rings. The molecule has 5 nitrogen and oxygen atoms in total. The number of nitrogens with zero attached hydrogens (tertiary/aromatic N) is 1. The molecule has 156 valence electrons. The summed E-state index contributed by atoms with van der Waals surface area (Å²) in [4.78, 5) is 19.1. The van der Waals surface area contributed by atoms with Gasteiger partial charge < -0.3 is 14.8 Å². The molecule has 1 amide bonds. The summed E-state index contributed by atoms with van der Waals surface area (Å²) in [7, 11) is 1.63. The van der Waals surface area contributed by atoms with Crippen LogP contribution in [-0.4, -0.2) is 31.2 Å². The van der Waals surface area contributed by atoms with Gasteiger partial charge in [0, 0.05) is 23.7 Å². The van der Waals surface area contributed by atoms with Crippen molar-refractivity contribution in [1.82, 2.24) is 4.98 Å². The number of aryl methyl sites for hydroxylation is 1. The maximum atomic E-state index is 13.4. The first-order valence-corrected chi connectivity index (χ1v) is 10.6. The number of halogens is 1. The highest BCUT2D eigenvalue weighted by atomic mass is 32.1. The van der Waals surface area contributed by atoms with E-state index in [0.29, 0.717) is 31.2 Å². The molecule has 2 aromatic carbocycles. The third kappa shape index (κ3) is 3.95. The molecule has 0 spiro atoms. The monoisotopic (exact) mass is 426 g/mol. The van der Waals surface area contributed by atoms with Gasteiger partial charge in [-0.3, -0.25) is 4.79 Å². The van der Waals surface area contributed by atoms with E-state index in [9.17, 15) is 9.18 Å². The van der Waals surface area contributed by atoms with Crippen molar-refractivity contribution in [3.8, 4) is 17.0 Å². The average molecular weight is 427 g/mol. The minimum absolute atomic E-state index is 0.132. The van der Waals surface area contributed by atoms with Gasteiger partial charge in [0.15, 0.2) is 5.13 Å². The van der Waals surface area contributed by atoms with Crippen molar-refractivity contribution in [1.29, 1.82) is 0 Å². The number of thiazole rings is 1. The normalized spacial score (nSPS) is 15.6. The van der Waals surface area contributed by atoms with Gasteiger partial charge in [-0.2, -0.15) is 0 Å². The van der Waals surface area contributed by atoms with Crippen LogP contribution in [0.3, 0.4) is 0 Å². The van der Waals surface area contributed by atoms with Gasteiger partial charge >= 0.3 is 0 Å². The Bertz CT molecular complexity index is 1030. The molecule has 7 heteroatoms. The van der Waals surface area contributed by atoms with Gasteiger partial charge in [0.25, 0.3) is 0 Å². The molecule has 1 aromatic heterocycles. The Hall–Kier alpha value is -2.77. The van der Waals surface area contributed by atoms with E-state index >= 15 is 0 Å². The zero-order valence-electron chi connectivity index (χ0n) is 16.9. The zero-order valence-corrected chi connectivity index (χ0v) is 17.7. The highest BCUT2D eigenvalue weighted by Crippen LogP contribution is 2.38. The Morgan fingerprint density at radius 2 is 1.80 bits per heavy atom. The second-order valence-corrected chi connectivity index (χ2v) is 8.51. The molecule has 0 saturated carbocycles. The van der Waals surface area contributed by atoms with E-state index in [1.54, 1.807) is 19.2 Å². The highest BCUT2D eigenvalue weighted by Gasteiger charge is 2.42. The first kappa shape index (κ1) is 20.5. The summed E-state index contributed by atoms with van der Waals surface area (Å²) in [5, 5.41) is 3.57. The lowest BCUT2D eigenvalue weighted by molar-refractivity contribution is -0.125. The number of carbonyl (C=O) groups is 1. The van der Waals surface area contributed by atoms with Crippen LogP contribution in [0.5, 0.6) is 5.75 Å². The first-order chi connectivity index (χ1) is 14.5. The molecule has 0 unspecified atom stereocenters. The molecule has 30 heavy (non-hydrogen) atoms. The lowest BCUT2D eigenvalue weighted by Crippen LogP contribution is -2.44. The van der Waals surface area contributed by atoms with E-state index in [2.05, 4.69) is 10.3 Å². The summed E-state index contributed by atoms with van der Waals surface area (Å²) in [6.45, 7) is 2.95. The minimum Gasteiger partial charge on any atom is -0.497 e. The van der Waals surface area contributed by atoms with Crippen LogP contribution in [0.25, 0.3) is 11.3 Å². The molecule has 0 aliphatic carbocycles. The van der Waals surface area contributed by atoms with E-state index in [0.717, 1.165) is 27.4 Å². The van der Waals surface area contributed by atoms with Crippen LogP contribution in [0.4, 0.5) is 9.52 Å². The molecule has 1 N–H and O–H groups in total. The Labute approximate surface area is 178 Å². The number of hydrogen-bond donors (Lipinski definition) is 1. The average Bonchev–Trinajstić information content (AvgIpc) is 3.14. The number of amides is 1. The van der Waals surface area contributed by atoms with Crippen molar-refractivity contribution in [2.45, 2.75) is 25.2 Å². The van der Waals surface area contributed by atoms with E-state index < -0.39 is 5.41 Å². The molecule has 2 heterocycles. The van der Waals surface area contributed by atoms with Crippen molar-refractivity contribution in [3.05, 3.63) is 64.8 Å². The van der Waals surface area contributed by atoms with Crippen molar-refractivity contribution in [3.63, 3.8) is 0 Å². The van der Waals surface area contributed by atoms with E-state index in [-0.39, 0.29) is 11.7 Å². The van der Waals surface area contributed by atoms with Crippen LogP contribution in [0.15, 0.2) is 48.5 Å². The second-order valence-electron chi connectivity index (χ2n) is 7.31. The van der Waals surface area contributed by atoms with Gasteiger partial charge in [-0.05, 0) is 61.7 Å². The van der Waals surface area contributed by atoms with Crippen molar-refractivity contribution in [2.24, 2.45) is 0 Å². The number of methoxy groups -OCH3 is 1. The van der Waals surface area contributed by atoms with Crippen LogP contribution < -0.4 is 10.1 Å². The summed E-state index contributed by atoms with van der Waals surface area (Å²) < 4.78 is 24.1. The highest BCUT2D eigenvalue weighted by molar-refractivity contribution is 7.16. The van der Waals surface area contributed by atoms with Crippen LogP contribution in [0.1, 0.15) is 23.3 Å². The third-order valence-corrected chi connectivity index (χ3v) is 6.44. The van der Waals surface area contributed by atoms with Gasteiger partial charge in [-0.25, -0.2) is 9.37 Å². The number of anilines is 1. The number of aromatic nitrogens is 1. The van der Waals surface area contributed by atoms with E-state index in [1.165, 1.54) is 23.5 Å². The summed E-state index contributed by atoms with van der Waals surface area (Å²) in [5.74, 6) is 0.328. The SMILES string of the molecule is COc1ccc(-c2nc(NC(=O)C3(c4ccc(F)cc4)CCOCC3)sc2C)cc1. The van der Waals surface area contributed by atoms with E-state index in [4.69, 9.17) is 9.47 Å². The molecule has 0 radical (unpaired) electrons. The number of benzene rings is 2. The smallest absolute Gasteiger partial charge is 0.236 e. The summed E-state index contributed by atoms with van der Waals surface area (Å²) in [6, 6.07) is 13.8. The summed E-state index contributed by atoms with van der Waals surface area (Å²) in [5.41, 5.74) is 1.84. The fourth-order valence-electron chi connectivity index (χ4n) is 3.82. The number of ether oxygens (including phenoxy) is 2. The van der Waals surface area contributed by atoms with Crippen molar-refractivity contribution >= 4 is 22.4 Å². The topological polar surface area (TPSA) is 60.5 Å². The Balaban J connectivity index is 1.60. The molecular weight excluding hydrogens is 403 g/mol. The lowest BCUT2D eigenvalue weighted by Gasteiger charge is -2.36. The predicted octanol–water partition coefficient (Wildman–Crippen LogP) is 4.95. The van der Waals surface area contributed by atoms with Gasteiger partial charge in [0.05, 0.1) is 18.2 Å². The van der Waals surface area contributed by atoms with Crippen LogP contribution in [0, 0.1) is 12.7 Å². The molecule has 1 aliphatic heterocycles. The Morgan fingerprint density at radius 3 is 2.43 bits per heavy atom.